The molecule has 1 amide bonds. The summed E-state index contributed by atoms with van der Waals surface area (Å²) < 4.78 is 29.1. The van der Waals surface area contributed by atoms with Gasteiger partial charge in [0.25, 0.3) is 5.91 Å². The van der Waals surface area contributed by atoms with Crippen LogP contribution in [-0.4, -0.2) is 37.2 Å². The number of carbonyl (C=O) groups is 1. The maximum Gasteiger partial charge on any atom is 0.254 e. The van der Waals surface area contributed by atoms with Gasteiger partial charge in [0, 0.05) is 24.4 Å². The van der Waals surface area contributed by atoms with Gasteiger partial charge in [-0.05, 0) is 44.4 Å². The highest BCUT2D eigenvalue weighted by molar-refractivity contribution is 7.90. The molecule has 2 aromatic rings. The quantitative estimate of drug-likeness (QED) is 0.852. The molecular formula is C17H20N2O4S. The first-order valence-corrected chi connectivity index (χ1v) is 9.71. The Morgan fingerprint density at radius 1 is 1.29 bits per heavy atom. The number of likely N-dealkylation sites (tertiary alicyclic amines) is 1. The van der Waals surface area contributed by atoms with Crippen LogP contribution in [0.4, 0.5) is 0 Å². The van der Waals surface area contributed by atoms with Gasteiger partial charge < -0.3 is 9.42 Å². The molecule has 0 aliphatic carbocycles. The van der Waals surface area contributed by atoms with Gasteiger partial charge in [0.05, 0.1) is 16.6 Å². The molecule has 1 aromatic carbocycles. The van der Waals surface area contributed by atoms with E-state index in [1.807, 2.05) is 13.0 Å². The zero-order valence-corrected chi connectivity index (χ0v) is 14.8. The van der Waals surface area contributed by atoms with E-state index in [0.717, 1.165) is 24.8 Å². The zero-order valence-electron chi connectivity index (χ0n) is 13.9. The first kappa shape index (κ1) is 16.7. The van der Waals surface area contributed by atoms with Crippen LogP contribution in [0.2, 0.25) is 0 Å². The first-order chi connectivity index (χ1) is 11.3. The molecule has 0 saturated carbocycles. The minimum absolute atomic E-state index is 0.151. The van der Waals surface area contributed by atoms with Gasteiger partial charge in [-0.1, -0.05) is 11.2 Å². The number of benzene rings is 1. The lowest BCUT2D eigenvalue weighted by Gasteiger charge is -2.23. The van der Waals surface area contributed by atoms with E-state index < -0.39 is 9.84 Å². The lowest BCUT2D eigenvalue weighted by molar-refractivity contribution is 0.0714. The van der Waals surface area contributed by atoms with Gasteiger partial charge >= 0.3 is 0 Å². The third-order valence-electron chi connectivity index (χ3n) is 4.32. The molecular weight excluding hydrogens is 328 g/mol. The fourth-order valence-corrected chi connectivity index (χ4v) is 4.14. The number of hydrogen-bond acceptors (Lipinski definition) is 5. The Bertz CT molecular complexity index is 886. The Morgan fingerprint density at radius 2 is 2.04 bits per heavy atom. The van der Waals surface area contributed by atoms with Crippen LogP contribution >= 0.6 is 0 Å². The fraction of sp³-hybridized carbons (Fsp3) is 0.412. The van der Waals surface area contributed by atoms with Crippen LogP contribution in [0.15, 0.2) is 33.7 Å². The predicted molar refractivity (Wildman–Crippen MR) is 88.5 cm³/mol. The van der Waals surface area contributed by atoms with E-state index in [1.54, 1.807) is 24.0 Å². The van der Waals surface area contributed by atoms with Crippen molar-refractivity contribution in [2.45, 2.75) is 37.6 Å². The lowest BCUT2D eigenvalue weighted by Crippen LogP contribution is -2.30. The highest BCUT2D eigenvalue weighted by Crippen LogP contribution is 2.33. The maximum atomic E-state index is 12.9. The minimum atomic E-state index is -3.37. The monoisotopic (exact) mass is 348 g/mol. The standard InChI is InChI=1S/C17H20N2O4S/c1-11-6-7-13(10-16(11)24(3,21)22)17(20)19-8-4-5-14(19)15-9-12(2)18-23-15/h6-7,9-10,14H,4-5,8H2,1-3H3. The molecule has 1 aliphatic heterocycles. The number of aromatic nitrogens is 1. The van der Waals surface area contributed by atoms with E-state index in [0.29, 0.717) is 23.4 Å². The molecule has 1 aliphatic rings. The molecule has 0 radical (unpaired) electrons. The molecule has 7 heteroatoms. The van der Waals surface area contributed by atoms with Gasteiger partial charge in [-0.3, -0.25) is 4.79 Å². The number of carbonyl (C=O) groups excluding carboxylic acids is 1. The van der Waals surface area contributed by atoms with E-state index >= 15 is 0 Å². The topological polar surface area (TPSA) is 80.5 Å². The minimum Gasteiger partial charge on any atom is -0.359 e. The summed E-state index contributed by atoms with van der Waals surface area (Å²) in [5.41, 5.74) is 1.79. The lowest BCUT2D eigenvalue weighted by atomic mass is 10.1. The number of rotatable bonds is 3. The Balaban J connectivity index is 1.94. The average Bonchev–Trinajstić information content (AvgIpc) is 3.14. The van der Waals surface area contributed by atoms with Crippen LogP contribution in [0.3, 0.4) is 0 Å². The number of sulfone groups is 1. The molecule has 1 unspecified atom stereocenters. The highest BCUT2D eigenvalue weighted by Gasteiger charge is 2.33. The molecule has 0 spiro atoms. The van der Waals surface area contributed by atoms with E-state index in [4.69, 9.17) is 4.52 Å². The molecule has 128 valence electrons. The Labute approximate surface area is 141 Å². The Morgan fingerprint density at radius 3 is 2.67 bits per heavy atom. The molecule has 1 atom stereocenters. The van der Waals surface area contributed by atoms with Crippen LogP contribution < -0.4 is 0 Å². The summed E-state index contributed by atoms with van der Waals surface area (Å²) in [5.74, 6) is 0.491. The summed E-state index contributed by atoms with van der Waals surface area (Å²) in [5, 5.41) is 3.89. The van der Waals surface area contributed by atoms with Crippen molar-refractivity contribution < 1.29 is 17.7 Å². The van der Waals surface area contributed by atoms with Crippen molar-refractivity contribution >= 4 is 15.7 Å². The van der Waals surface area contributed by atoms with Crippen LogP contribution in [0.25, 0.3) is 0 Å². The largest absolute Gasteiger partial charge is 0.359 e. The van der Waals surface area contributed by atoms with E-state index in [1.165, 1.54) is 6.07 Å². The van der Waals surface area contributed by atoms with E-state index in [9.17, 15) is 13.2 Å². The van der Waals surface area contributed by atoms with Crippen molar-refractivity contribution in [1.29, 1.82) is 0 Å². The van der Waals surface area contributed by atoms with Gasteiger partial charge in [0.15, 0.2) is 15.6 Å². The van der Waals surface area contributed by atoms with Crippen molar-refractivity contribution in [3.05, 3.63) is 46.8 Å². The van der Waals surface area contributed by atoms with Crippen molar-refractivity contribution in [3.63, 3.8) is 0 Å². The maximum absolute atomic E-state index is 12.9. The van der Waals surface area contributed by atoms with Gasteiger partial charge in [-0.2, -0.15) is 0 Å². The molecule has 1 aromatic heterocycles. The third-order valence-corrected chi connectivity index (χ3v) is 5.56. The molecule has 0 N–H and O–H groups in total. The average molecular weight is 348 g/mol. The van der Waals surface area contributed by atoms with Crippen LogP contribution in [0.5, 0.6) is 0 Å². The first-order valence-electron chi connectivity index (χ1n) is 7.82. The van der Waals surface area contributed by atoms with Crippen molar-refractivity contribution in [2.24, 2.45) is 0 Å². The second-order valence-electron chi connectivity index (χ2n) is 6.28. The summed E-state index contributed by atoms with van der Waals surface area (Å²) in [6, 6.07) is 6.50. The molecule has 0 bridgehead atoms. The molecule has 2 heterocycles. The summed E-state index contributed by atoms with van der Waals surface area (Å²) >= 11 is 0. The van der Waals surface area contributed by atoms with E-state index in [-0.39, 0.29) is 16.8 Å². The number of amides is 1. The molecule has 24 heavy (non-hydrogen) atoms. The van der Waals surface area contributed by atoms with Crippen LogP contribution in [-0.2, 0) is 9.84 Å². The highest BCUT2D eigenvalue weighted by atomic mass is 32.2. The number of nitrogens with zero attached hydrogens (tertiary/aromatic N) is 2. The second kappa shape index (κ2) is 6.05. The molecule has 3 rings (SSSR count). The fourth-order valence-electron chi connectivity index (χ4n) is 3.14. The number of aryl methyl sites for hydroxylation is 2. The zero-order chi connectivity index (χ0) is 17.5. The van der Waals surface area contributed by atoms with Gasteiger partial charge in [0.1, 0.15) is 0 Å². The van der Waals surface area contributed by atoms with Gasteiger partial charge in [0.2, 0.25) is 0 Å². The van der Waals surface area contributed by atoms with Crippen molar-refractivity contribution in [2.75, 3.05) is 12.8 Å². The van der Waals surface area contributed by atoms with Crippen molar-refractivity contribution in [3.8, 4) is 0 Å². The van der Waals surface area contributed by atoms with Crippen LogP contribution in [0, 0.1) is 13.8 Å². The molecule has 6 nitrogen and oxygen atoms in total. The van der Waals surface area contributed by atoms with Crippen LogP contribution in [0.1, 0.15) is 46.3 Å². The molecule has 1 fully saturated rings. The third kappa shape index (κ3) is 3.08. The van der Waals surface area contributed by atoms with Gasteiger partial charge in [-0.15, -0.1) is 0 Å². The summed E-state index contributed by atoms with van der Waals surface area (Å²) in [6.07, 6.45) is 2.84. The SMILES string of the molecule is Cc1cc(C2CCCN2C(=O)c2ccc(C)c(S(C)(=O)=O)c2)on1. The second-order valence-corrected chi connectivity index (χ2v) is 8.26. The summed E-state index contributed by atoms with van der Waals surface area (Å²) in [7, 11) is -3.37. The summed E-state index contributed by atoms with van der Waals surface area (Å²) in [6.45, 7) is 4.18. The van der Waals surface area contributed by atoms with E-state index in [2.05, 4.69) is 5.16 Å². The van der Waals surface area contributed by atoms with Crippen molar-refractivity contribution in [1.82, 2.24) is 10.1 Å². The van der Waals surface area contributed by atoms with Gasteiger partial charge in [-0.25, -0.2) is 8.42 Å². The molecule has 1 saturated heterocycles. The number of hydrogen-bond donors (Lipinski definition) is 0. The normalized spacial score (nSPS) is 18.1. The predicted octanol–water partition coefficient (Wildman–Crippen LogP) is 2.67. The smallest absolute Gasteiger partial charge is 0.254 e. The Hall–Kier alpha value is -2.15. The Kier molecular flexibility index (Phi) is 4.21. The summed E-state index contributed by atoms with van der Waals surface area (Å²) in [4.78, 5) is 14.8.